The summed E-state index contributed by atoms with van der Waals surface area (Å²) in [4.78, 5) is 0. The highest BCUT2D eigenvalue weighted by atomic mass is 16.5. The third-order valence-electron chi connectivity index (χ3n) is 9.88. The normalized spacial score (nSPS) is 54.9. The standard InChI is InChI=1S/C22H33NO4/c1-19-7-5-16(24)11-14(19)3-4-18-17(19)6-8-20(2)21(25,9-10-22(18,20)26)15-12-23-27-13-15/h12-14,16-18,24-26H,3-11H2,1-2H3/t14-,16+,17+,18-,19+,20-,21+,22+/m1/s1. The molecule has 4 saturated carbocycles. The first kappa shape index (κ1) is 18.1. The summed E-state index contributed by atoms with van der Waals surface area (Å²) in [6.07, 6.45) is 11.0. The van der Waals surface area contributed by atoms with Gasteiger partial charge in [-0.05, 0) is 81.0 Å². The van der Waals surface area contributed by atoms with Crippen molar-refractivity contribution in [2.24, 2.45) is 28.6 Å². The molecule has 1 heterocycles. The molecule has 0 amide bonds. The van der Waals surface area contributed by atoms with Crippen LogP contribution in [-0.2, 0) is 5.60 Å². The van der Waals surface area contributed by atoms with Gasteiger partial charge < -0.3 is 19.8 Å². The zero-order chi connectivity index (χ0) is 19.1. The molecule has 4 fully saturated rings. The lowest BCUT2D eigenvalue weighted by Crippen LogP contribution is -2.64. The average Bonchev–Trinajstić information content (AvgIpc) is 3.24. The SMILES string of the molecule is C[C@]12CC[C@H](O)C[C@H]1CC[C@@H]1[C@@H]2CC[C@]2(C)[C@@](O)(c3cnoc3)CC[C@]12O. The molecule has 0 spiro atoms. The van der Waals surface area contributed by atoms with E-state index >= 15 is 0 Å². The minimum absolute atomic E-state index is 0.151. The maximum atomic E-state index is 12.1. The van der Waals surface area contributed by atoms with Crippen molar-refractivity contribution in [1.82, 2.24) is 5.16 Å². The fourth-order valence-electron chi connectivity index (χ4n) is 8.09. The Labute approximate surface area is 161 Å². The predicted molar refractivity (Wildman–Crippen MR) is 99.6 cm³/mol. The average molecular weight is 376 g/mol. The van der Waals surface area contributed by atoms with Gasteiger partial charge in [-0.2, -0.15) is 0 Å². The van der Waals surface area contributed by atoms with Gasteiger partial charge in [-0.3, -0.25) is 0 Å². The molecule has 1 aromatic heterocycles. The molecule has 8 atom stereocenters. The smallest absolute Gasteiger partial charge is 0.129 e. The molecule has 0 bridgehead atoms. The first-order chi connectivity index (χ1) is 12.7. The molecule has 0 aliphatic heterocycles. The van der Waals surface area contributed by atoms with Crippen molar-refractivity contribution in [3.05, 3.63) is 18.0 Å². The summed E-state index contributed by atoms with van der Waals surface area (Å²) in [6, 6.07) is 0. The van der Waals surface area contributed by atoms with E-state index in [1.165, 1.54) is 0 Å². The maximum Gasteiger partial charge on any atom is 0.129 e. The third-order valence-corrected chi connectivity index (χ3v) is 9.88. The second-order valence-electron chi connectivity index (χ2n) is 10.5. The number of aliphatic hydroxyl groups excluding tert-OH is 1. The van der Waals surface area contributed by atoms with Gasteiger partial charge in [0.2, 0.25) is 0 Å². The summed E-state index contributed by atoms with van der Waals surface area (Å²) in [6.45, 7) is 4.50. The number of hydrogen-bond acceptors (Lipinski definition) is 5. The van der Waals surface area contributed by atoms with Crippen LogP contribution in [0.4, 0.5) is 0 Å². The molecular weight excluding hydrogens is 342 g/mol. The molecule has 0 unspecified atom stereocenters. The highest BCUT2D eigenvalue weighted by Crippen LogP contribution is 2.71. The molecule has 0 aromatic carbocycles. The van der Waals surface area contributed by atoms with Gasteiger partial charge in [0.1, 0.15) is 11.9 Å². The molecule has 0 saturated heterocycles. The third kappa shape index (κ3) is 2.09. The van der Waals surface area contributed by atoms with Crippen LogP contribution >= 0.6 is 0 Å². The second-order valence-corrected chi connectivity index (χ2v) is 10.5. The minimum atomic E-state index is -1.08. The van der Waals surface area contributed by atoms with Gasteiger partial charge in [-0.25, -0.2) is 0 Å². The first-order valence-electron chi connectivity index (χ1n) is 10.8. The topological polar surface area (TPSA) is 86.7 Å². The predicted octanol–water partition coefficient (Wildman–Crippen LogP) is 3.38. The van der Waals surface area contributed by atoms with E-state index in [9.17, 15) is 15.3 Å². The monoisotopic (exact) mass is 375 g/mol. The fourth-order valence-corrected chi connectivity index (χ4v) is 8.09. The quantitative estimate of drug-likeness (QED) is 0.700. The molecule has 27 heavy (non-hydrogen) atoms. The van der Waals surface area contributed by atoms with E-state index in [1.807, 2.05) is 0 Å². The van der Waals surface area contributed by atoms with Gasteiger partial charge >= 0.3 is 0 Å². The first-order valence-corrected chi connectivity index (χ1v) is 10.8. The highest BCUT2D eigenvalue weighted by Gasteiger charge is 2.72. The molecule has 4 aliphatic rings. The number of aliphatic hydroxyl groups is 3. The molecule has 5 heteroatoms. The lowest BCUT2D eigenvalue weighted by atomic mass is 9.43. The maximum absolute atomic E-state index is 12.1. The van der Waals surface area contributed by atoms with E-state index in [-0.39, 0.29) is 17.4 Å². The van der Waals surface area contributed by atoms with Crippen LogP contribution < -0.4 is 0 Å². The molecule has 1 aromatic rings. The van der Waals surface area contributed by atoms with E-state index in [2.05, 4.69) is 19.0 Å². The Morgan fingerprint density at radius 3 is 2.56 bits per heavy atom. The van der Waals surface area contributed by atoms with Crippen molar-refractivity contribution < 1.29 is 19.8 Å². The largest absolute Gasteiger partial charge is 0.393 e. The Balaban J connectivity index is 1.52. The number of hydrogen-bond donors (Lipinski definition) is 3. The zero-order valence-corrected chi connectivity index (χ0v) is 16.5. The van der Waals surface area contributed by atoms with Crippen molar-refractivity contribution >= 4 is 0 Å². The van der Waals surface area contributed by atoms with E-state index in [0.717, 1.165) is 44.9 Å². The summed E-state index contributed by atoms with van der Waals surface area (Å²) in [5, 5.41) is 37.8. The Morgan fingerprint density at radius 1 is 1.00 bits per heavy atom. The summed E-state index contributed by atoms with van der Waals surface area (Å²) in [5.74, 6) is 1.27. The summed E-state index contributed by atoms with van der Waals surface area (Å²) >= 11 is 0. The summed E-state index contributed by atoms with van der Waals surface area (Å²) < 4.78 is 5.04. The van der Waals surface area contributed by atoms with Crippen LogP contribution in [0.25, 0.3) is 0 Å². The summed E-state index contributed by atoms with van der Waals surface area (Å²) in [5.41, 5.74) is -1.60. The van der Waals surface area contributed by atoms with E-state index in [0.29, 0.717) is 30.2 Å². The van der Waals surface area contributed by atoms with Gasteiger partial charge in [-0.1, -0.05) is 19.0 Å². The van der Waals surface area contributed by atoms with Crippen molar-refractivity contribution in [2.75, 3.05) is 0 Å². The molecule has 4 aliphatic carbocycles. The van der Waals surface area contributed by atoms with Crippen LogP contribution in [0.2, 0.25) is 0 Å². The Hall–Kier alpha value is -0.910. The minimum Gasteiger partial charge on any atom is -0.393 e. The Kier molecular flexibility index (Phi) is 3.75. The highest BCUT2D eigenvalue weighted by molar-refractivity contribution is 5.29. The van der Waals surface area contributed by atoms with Crippen LogP contribution in [0.5, 0.6) is 0 Å². The molecule has 0 radical (unpaired) electrons. The van der Waals surface area contributed by atoms with Gasteiger partial charge in [0.25, 0.3) is 0 Å². The van der Waals surface area contributed by atoms with Gasteiger partial charge in [0.05, 0.1) is 17.9 Å². The van der Waals surface area contributed by atoms with Crippen molar-refractivity contribution in [3.8, 4) is 0 Å². The van der Waals surface area contributed by atoms with Crippen molar-refractivity contribution in [1.29, 1.82) is 0 Å². The molecule has 5 rings (SSSR count). The number of rotatable bonds is 1. The van der Waals surface area contributed by atoms with E-state index < -0.39 is 16.6 Å². The Bertz CT molecular complexity index is 722. The Morgan fingerprint density at radius 2 is 1.81 bits per heavy atom. The lowest BCUT2D eigenvalue weighted by Gasteiger charge is -2.64. The van der Waals surface area contributed by atoms with Crippen LogP contribution in [0, 0.1) is 28.6 Å². The van der Waals surface area contributed by atoms with E-state index in [1.54, 1.807) is 12.5 Å². The number of aromatic nitrogens is 1. The van der Waals surface area contributed by atoms with Crippen LogP contribution in [0.3, 0.4) is 0 Å². The van der Waals surface area contributed by atoms with Gasteiger partial charge in [0.15, 0.2) is 0 Å². The fraction of sp³-hybridized carbons (Fsp3) is 0.864. The number of nitrogens with zero attached hydrogens (tertiary/aromatic N) is 1. The molecule has 5 nitrogen and oxygen atoms in total. The zero-order valence-electron chi connectivity index (χ0n) is 16.5. The molecule has 3 N–H and O–H groups in total. The van der Waals surface area contributed by atoms with Crippen molar-refractivity contribution in [2.45, 2.75) is 88.9 Å². The van der Waals surface area contributed by atoms with Crippen LogP contribution in [0.1, 0.15) is 77.2 Å². The number of fused-ring (bicyclic) bond motifs is 5. The lowest BCUT2D eigenvalue weighted by molar-refractivity contribution is -0.238. The van der Waals surface area contributed by atoms with E-state index in [4.69, 9.17) is 4.52 Å². The molecular formula is C22H33NO4. The van der Waals surface area contributed by atoms with Crippen LogP contribution in [0.15, 0.2) is 17.0 Å². The second kappa shape index (κ2) is 5.58. The van der Waals surface area contributed by atoms with Gasteiger partial charge in [-0.15, -0.1) is 0 Å². The van der Waals surface area contributed by atoms with Crippen molar-refractivity contribution in [3.63, 3.8) is 0 Å². The van der Waals surface area contributed by atoms with Gasteiger partial charge in [0, 0.05) is 11.0 Å². The molecule has 150 valence electrons. The summed E-state index contributed by atoms with van der Waals surface area (Å²) in [7, 11) is 0. The van der Waals surface area contributed by atoms with Crippen LogP contribution in [-0.4, -0.2) is 32.2 Å².